The SMILES string of the molecule is COC(=O)C(N)Cc1ccc(Oc2ccnc3c2ccn3S(=O)(=O)C2(C)C=CC=CC2)cc1. The molecule has 0 aliphatic heterocycles. The first kappa shape index (κ1) is 22.8. The Bertz CT molecular complexity index is 1340. The van der Waals surface area contributed by atoms with E-state index in [1.165, 1.54) is 23.5 Å². The summed E-state index contributed by atoms with van der Waals surface area (Å²) in [7, 11) is -2.45. The van der Waals surface area contributed by atoms with Gasteiger partial charge in [0.1, 0.15) is 22.3 Å². The van der Waals surface area contributed by atoms with Crippen molar-refractivity contribution in [3.05, 3.63) is 78.7 Å². The minimum Gasteiger partial charge on any atom is -0.468 e. The van der Waals surface area contributed by atoms with Crippen molar-refractivity contribution in [3.63, 3.8) is 0 Å². The lowest BCUT2D eigenvalue weighted by Gasteiger charge is -2.26. The molecule has 2 atom stereocenters. The highest BCUT2D eigenvalue weighted by molar-refractivity contribution is 7.91. The number of carbonyl (C=O) groups excluding carboxylic acids is 1. The van der Waals surface area contributed by atoms with E-state index < -0.39 is 26.8 Å². The molecule has 0 radical (unpaired) electrons. The Balaban J connectivity index is 1.59. The van der Waals surface area contributed by atoms with E-state index in [0.717, 1.165) is 5.56 Å². The molecule has 4 rings (SSSR count). The van der Waals surface area contributed by atoms with Gasteiger partial charge in [-0.25, -0.2) is 17.4 Å². The summed E-state index contributed by atoms with van der Waals surface area (Å²) in [5.41, 5.74) is 6.98. The van der Waals surface area contributed by atoms with E-state index in [1.807, 2.05) is 24.3 Å². The van der Waals surface area contributed by atoms with Crippen molar-refractivity contribution in [1.29, 1.82) is 0 Å². The van der Waals surface area contributed by atoms with E-state index in [9.17, 15) is 13.2 Å². The average Bonchev–Trinajstić information content (AvgIpc) is 3.26. The number of carbonyl (C=O) groups is 1. The molecule has 1 aromatic carbocycles. The van der Waals surface area contributed by atoms with Crippen LogP contribution in [0.4, 0.5) is 0 Å². The number of methoxy groups -OCH3 is 1. The second-order valence-electron chi connectivity index (χ2n) is 8.05. The van der Waals surface area contributed by atoms with Gasteiger partial charge in [0.25, 0.3) is 0 Å². The second-order valence-corrected chi connectivity index (χ2v) is 10.3. The molecule has 2 unspecified atom stereocenters. The molecule has 2 aromatic heterocycles. The summed E-state index contributed by atoms with van der Waals surface area (Å²) >= 11 is 0. The minimum atomic E-state index is -3.75. The third-order valence-electron chi connectivity index (χ3n) is 5.69. The lowest BCUT2D eigenvalue weighted by Crippen LogP contribution is -2.37. The van der Waals surface area contributed by atoms with Gasteiger partial charge in [0.2, 0.25) is 10.0 Å². The van der Waals surface area contributed by atoms with Crippen LogP contribution in [-0.4, -0.2) is 41.2 Å². The average molecular weight is 468 g/mol. The molecule has 0 saturated carbocycles. The minimum absolute atomic E-state index is 0.303. The summed E-state index contributed by atoms with van der Waals surface area (Å²) in [6, 6.07) is 9.79. The van der Waals surface area contributed by atoms with Crippen molar-refractivity contribution in [1.82, 2.24) is 8.96 Å². The number of aromatic nitrogens is 2. The molecule has 2 N–H and O–H groups in total. The molecular formula is C24H25N3O5S. The summed E-state index contributed by atoms with van der Waals surface area (Å²) in [6.07, 6.45) is 10.9. The number of nitrogens with zero attached hydrogens (tertiary/aromatic N) is 2. The number of esters is 1. The van der Waals surface area contributed by atoms with Crippen LogP contribution >= 0.6 is 0 Å². The monoisotopic (exact) mass is 467 g/mol. The molecule has 8 nitrogen and oxygen atoms in total. The molecular weight excluding hydrogens is 442 g/mol. The third kappa shape index (κ3) is 4.29. The van der Waals surface area contributed by atoms with Gasteiger partial charge in [0, 0.05) is 12.4 Å². The summed E-state index contributed by atoms with van der Waals surface area (Å²) in [4.78, 5) is 15.8. The highest BCUT2D eigenvalue weighted by atomic mass is 32.2. The van der Waals surface area contributed by atoms with Gasteiger partial charge in [0.15, 0.2) is 5.65 Å². The molecule has 1 aliphatic carbocycles. The lowest BCUT2D eigenvalue weighted by molar-refractivity contribution is -0.142. The molecule has 2 heterocycles. The first-order chi connectivity index (χ1) is 15.7. The topological polar surface area (TPSA) is 114 Å². The fraction of sp³-hybridized carbons (Fsp3) is 0.250. The van der Waals surface area contributed by atoms with Crippen LogP contribution in [0.1, 0.15) is 18.9 Å². The van der Waals surface area contributed by atoms with Crippen LogP contribution < -0.4 is 10.5 Å². The maximum Gasteiger partial charge on any atom is 0.322 e. The summed E-state index contributed by atoms with van der Waals surface area (Å²) in [6.45, 7) is 1.70. The molecule has 172 valence electrons. The van der Waals surface area contributed by atoms with Crippen molar-refractivity contribution in [3.8, 4) is 11.5 Å². The van der Waals surface area contributed by atoms with Gasteiger partial charge < -0.3 is 15.2 Å². The summed E-state index contributed by atoms with van der Waals surface area (Å²) in [5.74, 6) is 0.570. The van der Waals surface area contributed by atoms with Crippen LogP contribution in [-0.2, 0) is 26.0 Å². The number of fused-ring (bicyclic) bond motifs is 1. The molecule has 0 saturated heterocycles. The first-order valence-electron chi connectivity index (χ1n) is 10.4. The van der Waals surface area contributed by atoms with Gasteiger partial charge in [-0.1, -0.05) is 36.4 Å². The largest absolute Gasteiger partial charge is 0.468 e. The highest BCUT2D eigenvalue weighted by Crippen LogP contribution is 2.34. The maximum atomic E-state index is 13.4. The van der Waals surface area contributed by atoms with E-state index in [4.69, 9.17) is 10.5 Å². The second kappa shape index (κ2) is 8.84. The first-order valence-corrected chi connectivity index (χ1v) is 11.8. The molecule has 33 heavy (non-hydrogen) atoms. The molecule has 3 aromatic rings. The Kier molecular flexibility index (Phi) is 6.09. The van der Waals surface area contributed by atoms with E-state index in [0.29, 0.717) is 35.4 Å². The van der Waals surface area contributed by atoms with Crippen molar-refractivity contribution < 1.29 is 22.7 Å². The van der Waals surface area contributed by atoms with E-state index in [-0.39, 0.29) is 0 Å². The zero-order valence-electron chi connectivity index (χ0n) is 18.3. The Morgan fingerprint density at radius 3 is 2.64 bits per heavy atom. The van der Waals surface area contributed by atoms with Crippen LogP contribution in [0.25, 0.3) is 11.0 Å². The highest BCUT2D eigenvalue weighted by Gasteiger charge is 2.39. The van der Waals surface area contributed by atoms with Crippen molar-refractivity contribution in [2.24, 2.45) is 5.73 Å². The van der Waals surface area contributed by atoms with Crippen LogP contribution in [0.15, 0.2) is 73.1 Å². The van der Waals surface area contributed by atoms with Gasteiger partial charge in [0.05, 0.1) is 12.5 Å². The van der Waals surface area contributed by atoms with Crippen molar-refractivity contribution in [2.45, 2.75) is 30.6 Å². The Hall–Kier alpha value is -3.43. The third-order valence-corrected chi connectivity index (χ3v) is 7.99. The zero-order valence-corrected chi connectivity index (χ0v) is 19.2. The molecule has 0 amide bonds. The van der Waals surface area contributed by atoms with Gasteiger partial charge in [-0.15, -0.1) is 0 Å². The fourth-order valence-corrected chi connectivity index (χ4v) is 5.31. The predicted molar refractivity (Wildman–Crippen MR) is 126 cm³/mol. The van der Waals surface area contributed by atoms with Crippen LogP contribution in [0.3, 0.4) is 0 Å². The van der Waals surface area contributed by atoms with Crippen LogP contribution in [0, 0.1) is 0 Å². The number of allylic oxidation sites excluding steroid dienone is 3. The van der Waals surface area contributed by atoms with E-state index in [1.54, 1.807) is 43.3 Å². The zero-order chi connectivity index (χ0) is 23.6. The lowest BCUT2D eigenvalue weighted by atomic mass is 10.0. The predicted octanol–water partition coefficient (Wildman–Crippen LogP) is 3.32. The van der Waals surface area contributed by atoms with Crippen LogP contribution in [0.2, 0.25) is 0 Å². The summed E-state index contributed by atoms with van der Waals surface area (Å²) < 4.78 is 37.6. The molecule has 9 heteroatoms. The Morgan fingerprint density at radius 1 is 1.21 bits per heavy atom. The smallest absolute Gasteiger partial charge is 0.322 e. The number of nitrogens with two attached hydrogens (primary N) is 1. The number of rotatable bonds is 7. The molecule has 1 aliphatic rings. The molecule has 0 fully saturated rings. The van der Waals surface area contributed by atoms with Gasteiger partial charge in [-0.05, 0) is 49.6 Å². The number of benzene rings is 1. The standard InChI is InChI=1S/C24H25N3O5S/c1-24(12-4-3-5-13-24)33(29,30)27-15-11-19-21(10-14-26-22(19)27)32-18-8-6-17(7-9-18)16-20(25)23(28)31-2/h3-12,14-15,20H,13,16,25H2,1-2H3. The van der Waals surface area contributed by atoms with Crippen LogP contribution in [0.5, 0.6) is 11.5 Å². The normalized spacial score (nSPS) is 18.9. The van der Waals surface area contributed by atoms with Gasteiger partial charge in [-0.2, -0.15) is 0 Å². The Morgan fingerprint density at radius 2 is 1.97 bits per heavy atom. The van der Waals surface area contributed by atoms with E-state index >= 15 is 0 Å². The van der Waals surface area contributed by atoms with Gasteiger partial charge >= 0.3 is 5.97 Å². The Labute approximate surface area is 192 Å². The quantitative estimate of drug-likeness (QED) is 0.530. The van der Waals surface area contributed by atoms with E-state index in [2.05, 4.69) is 9.72 Å². The van der Waals surface area contributed by atoms with Crippen molar-refractivity contribution >= 4 is 27.0 Å². The summed E-state index contributed by atoms with van der Waals surface area (Å²) in [5, 5.41) is 0.580. The van der Waals surface area contributed by atoms with Gasteiger partial charge in [-0.3, -0.25) is 4.79 Å². The number of ether oxygens (including phenoxy) is 2. The number of hydrogen-bond acceptors (Lipinski definition) is 7. The number of pyridine rings is 1. The fourth-order valence-electron chi connectivity index (χ4n) is 3.71. The van der Waals surface area contributed by atoms with Crippen molar-refractivity contribution in [2.75, 3.05) is 7.11 Å². The maximum absolute atomic E-state index is 13.4. The number of hydrogen-bond donors (Lipinski definition) is 1. The molecule has 0 spiro atoms. The molecule has 0 bridgehead atoms.